The fourth-order valence-electron chi connectivity index (χ4n) is 3.62. The molecule has 3 aromatic rings. The van der Waals surface area contributed by atoms with Gasteiger partial charge in [-0.1, -0.05) is 56.3 Å². The molecule has 0 aliphatic carbocycles. The number of para-hydroxylation sites is 1. The van der Waals surface area contributed by atoms with Crippen molar-refractivity contribution in [1.29, 1.82) is 0 Å². The van der Waals surface area contributed by atoms with Crippen molar-refractivity contribution in [2.45, 2.75) is 39.2 Å². The van der Waals surface area contributed by atoms with E-state index in [2.05, 4.69) is 18.8 Å². The Morgan fingerprint density at radius 2 is 1.96 bits per heavy atom. The summed E-state index contributed by atoms with van der Waals surface area (Å²) in [7, 11) is 0. The van der Waals surface area contributed by atoms with E-state index >= 15 is 0 Å². The Morgan fingerprint density at radius 3 is 2.67 bits per heavy atom. The summed E-state index contributed by atoms with van der Waals surface area (Å²) in [5.74, 6) is -0.538. The number of benzene rings is 2. The van der Waals surface area contributed by atoms with E-state index < -0.39 is 17.3 Å². The number of amides is 1. The van der Waals surface area contributed by atoms with Crippen LogP contribution in [0, 0.1) is 11.7 Å². The summed E-state index contributed by atoms with van der Waals surface area (Å²) in [5.41, 5.74) is 0.916. The van der Waals surface area contributed by atoms with Crippen LogP contribution in [0.15, 0.2) is 60.8 Å². The number of halogens is 1. The van der Waals surface area contributed by atoms with Gasteiger partial charge in [-0.2, -0.15) is 0 Å². The van der Waals surface area contributed by atoms with Gasteiger partial charge in [0.05, 0.1) is 5.56 Å². The van der Waals surface area contributed by atoms with Crippen molar-refractivity contribution in [3.63, 3.8) is 0 Å². The molecular weight excluding hydrogens is 339 g/mol. The van der Waals surface area contributed by atoms with E-state index in [1.54, 1.807) is 18.2 Å². The number of aromatic nitrogens is 1. The van der Waals surface area contributed by atoms with E-state index in [1.807, 2.05) is 37.3 Å². The first-order valence-corrected chi connectivity index (χ1v) is 9.22. The van der Waals surface area contributed by atoms with Crippen molar-refractivity contribution in [1.82, 2.24) is 10.3 Å². The van der Waals surface area contributed by atoms with Gasteiger partial charge in [0.1, 0.15) is 11.3 Å². The zero-order valence-electron chi connectivity index (χ0n) is 16.9. The van der Waals surface area contributed by atoms with Gasteiger partial charge in [-0.3, -0.25) is 9.78 Å². The third-order valence-electron chi connectivity index (χ3n) is 4.56. The number of nitrogens with one attached hydrogen (secondary N) is 1. The minimum Gasteiger partial charge on any atom is -0.346 e. The van der Waals surface area contributed by atoms with Gasteiger partial charge in [-0.15, -0.1) is 0 Å². The lowest BCUT2D eigenvalue weighted by Crippen LogP contribution is -2.48. The molecule has 27 heavy (non-hydrogen) atoms. The number of hydrogen-bond acceptors (Lipinski definition) is 2. The molecule has 0 bridgehead atoms. The molecule has 0 saturated carbocycles. The highest BCUT2D eigenvalue weighted by atomic mass is 19.1. The van der Waals surface area contributed by atoms with Gasteiger partial charge in [0.15, 0.2) is 1.41 Å². The Kier molecular flexibility index (Phi) is 5.14. The second-order valence-electron chi connectivity index (χ2n) is 7.71. The third kappa shape index (κ3) is 4.70. The van der Waals surface area contributed by atoms with Gasteiger partial charge in [0.2, 0.25) is 0 Å². The van der Waals surface area contributed by atoms with E-state index in [4.69, 9.17) is 1.41 Å². The SMILES string of the molecule is [2H]N(C(=O)c1cnc2c(F)cccc2c1)C(C)(Cc1ccccc1)CC(C)C. The molecule has 4 heteroatoms. The number of nitrogens with zero attached hydrogens (tertiary/aromatic N) is 1. The van der Waals surface area contributed by atoms with Crippen LogP contribution in [-0.4, -0.2) is 16.4 Å². The third-order valence-corrected chi connectivity index (χ3v) is 4.56. The van der Waals surface area contributed by atoms with E-state index in [1.165, 1.54) is 12.3 Å². The van der Waals surface area contributed by atoms with Crippen molar-refractivity contribution >= 4 is 16.8 Å². The van der Waals surface area contributed by atoms with Crippen LogP contribution in [0.1, 0.15) is 43.1 Å². The van der Waals surface area contributed by atoms with Gasteiger partial charge in [0.25, 0.3) is 5.91 Å². The summed E-state index contributed by atoms with van der Waals surface area (Å²) in [6.45, 7) is 6.11. The maximum absolute atomic E-state index is 13.9. The van der Waals surface area contributed by atoms with Crippen LogP contribution >= 0.6 is 0 Å². The first kappa shape index (κ1) is 17.7. The van der Waals surface area contributed by atoms with Crippen LogP contribution in [0.5, 0.6) is 0 Å². The summed E-state index contributed by atoms with van der Waals surface area (Å²) < 4.78 is 22.5. The molecule has 0 saturated heterocycles. The van der Waals surface area contributed by atoms with Gasteiger partial charge in [-0.25, -0.2) is 4.39 Å². The molecule has 1 amide bonds. The van der Waals surface area contributed by atoms with Crippen molar-refractivity contribution in [2.24, 2.45) is 5.92 Å². The second kappa shape index (κ2) is 7.87. The lowest BCUT2D eigenvalue weighted by molar-refractivity contribution is 0.0894. The average molecular weight is 365 g/mol. The molecule has 0 fully saturated rings. The second-order valence-corrected chi connectivity index (χ2v) is 7.71. The van der Waals surface area contributed by atoms with Gasteiger partial charge < -0.3 is 5.31 Å². The smallest absolute Gasteiger partial charge is 0.253 e. The monoisotopic (exact) mass is 365 g/mol. The van der Waals surface area contributed by atoms with Crippen LogP contribution in [0.3, 0.4) is 0 Å². The molecule has 1 aromatic heterocycles. The number of carbonyl (C=O) groups excluding carboxylic acids is 1. The summed E-state index contributed by atoms with van der Waals surface area (Å²) in [6.07, 6.45) is 2.62. The molecule has 3 nitrogen and oxygen atoms in total. The minimum absolute atomic E-state index is 0.227. The zero-order valence-corrected chi connectivity index (χ0v) is 15.9. The fourth-order valence-corrected chi connectivity index (χ4v) is 3.62. The first-order valence-electron chi connectivity index (χ1n) is 9.66. The van der Waals surface area contributed by atoms with Crippen LogP contribution in [0.2, 0.25) is 1.41 Å². The molecule has 1 N–H and O–H groups in total. The predicted octanol–water partition coefficient (Wildman–Crippen LogP) is 5.15. The number of fused-ring (bicyclic) bond motifs is 1. The Labute approximate surface area is 161 Å². The van der Waals surface area contributed by atoms with Crippen molar-refractivity contribution in [3.8, 4) is 0 Å². The molecule has 1 atom stereocenters. The molecule has 3 rings (SSSR count). The molecule has 0 aliphatic rings. The predicted molar refractivity (Wildman–Crippen MR) is 107 cm³/mol. The van der Waals surface area contributed by atoms with E-state index in [9.17, 15) is 9.18 Å². The molecular formula is C23H25FN2O. The summed E-state index contributed by atoms with van der Waals surface area (Å²) in [4.78, 5) is 17.2. The first-order chi connectivity index (χ1) is 13.3. The standard InChI is InChI=1S/C23H25FN2O/c1-16(2)13-23(3,14-17-8-5-4-6-9-17)26-22(27)19-12-18-10-7-11-20(24)21(18)25-15-19/h4-12,15-16H,13-14H2,1-3H3,(H,26,27)/i/hD. The van der Waals surface area contributed by atoms with Gasteiger partial charge in [-0.05, 0) is 43.4 Å². The minimum atomic E-state index is -0.677. The maximum Gasteiger partial charge on any atom is 0.253 e. The Balaban J connectivity index is 1.93. The number of carbonyl (C=O) groups is 1. The highest BCUT2D eigenvalue weighted by molar-refractivity contribution is 5.97. The molecule has 0 radical (unpaired) electrons. The molecule has 1 unspecified atom stereocenters. The zero-order chi connectivity index (χ0) is 20.3. The highest BCUT2D eigenvalue weighted by Crippen LogP contribution is 2.23. The Morgan fingerprint density at radius 1 is 1.22 bits per heavy atom. The summed E-state index contributed by atoms with van der Waals surface area (Å²) >= 11 is 0. The van der Waals surface area contributed by atoms with Crippen LogP contribution in [0.4, 0.5) is 4.39 Å². The van der Waals surface area contributed by atoms with E-state index in [0.717, 1.165) is 10.9 Å². The van der Waals surface area contributed by atoms with Crippen LogP contribution < -0.4 is 5.31 Å². The molecule has 0 aliphatic heterocycles. The van der Waals surface area contributed by atoms with Crippen molar-refractivity contribution in [2.75, 3.05) is 0 Å². The van der Waals surface area contributed by atoms with E-state index in [-0.39, 0.29) is 11.1 Å². The van der Waals surface area contributed by atoms with Gasteiger partial charge >= 0.3 is 0 Å². The summed E-state index contributed by atoms with van der Waals surface area (Å²) in [6, 6.07) is 16.1. The topological polar surface area (TPSA) is 42.0 Å². The van der Waals surface area contributed by atoms with Crippen molar-refractivity contribution in [3.05, 3.63) is 77.7 Å². The fraction of sp³-hybridized carbons (Fsp3) is 0.304. The Hall–Kier alpha value is -2.75. The molecule has 1 heterocycles. The number of pyridine rings is 1. The molecule has 0 spiro atoms. The van der Waals surface area contributed by atoms with E-state index in [0.29, 0.717) is 24.1 Å². The quantitative estimate of drug-likeness (QED) is 0.656. The van der Waals surface area contributed by atoms with Crippen LogP contribution in [-0.2, 0) is 6.42 Å². The lowest BCUT2D eigenvalue weighted by Gasteiger charge is -2.33. The largest absolute Gasteiger partial charge is 0.346 e. The number of rotatable bonds is 6. The molecule has 140 valence electrons. The maximum atomic E-state index is 13.9. The average Bonchev–Trinajstić information content (AvgIpc) is 2.67. The Bertz CT molecular complexity index is 977. The van der Waals surface area contributed by atoms with Crippen LogP contribution in [0.25, 0.3) is 10.9 Å². The van der Waals surface area contributed by atoms with Gasteiger partial charge in [0, 0.05) is 17.1 Å². The molecule has 2 aromatic carbocycles. The normalized spacial score (nSPS) is 14.0. The number of hydrogen-bond donors (Lipinski definition) is 1. The van der Waals surface area contributed by atoms with Crippen molar-refractivity contribution < 1.29 is 10.6 Å². The lowest BCUT2D eigenvalue weighted by atomic mass is 9.84. The highest BCUT2D eigenvalue weighted by Gasteiger charge is 2.28. The summed E-state index contributed by atoms with van der Waals surface area (Å²) in [5, 5.41) is 1.62.